The summed E-state index contributed by atoms with van der Waals surface area (Å²) in [5.41, 5.74) is 4.06. The molecule has 2 aromatic carbocycles. The van der Waals surface area contributed by atoms with Crippen LogP contribution in [0.5, 0.6) is 0 Å². The van der Waals surface area contributed by atoms with Gasteiger partial charge in [0.15, 0.2) is 0 Å². The van der Waals surface area contributed by atoms with Crippen molar-refractivity contribution < 1.29 is 37.4 Å². The molecule has 0 aliphatic heterocycles. The fourth-order valence-electron chi connectivity index (χ4n) is 3.68. The van der Waals surface area contributed by atoms with Gasteiger partial charge in [0.25, 0.3) is 5.91 Å². The summed E-state index contributed by atoms with van der Waals surface area (Å²) in [4.78, 5) is 34.9. The molecule has 0 unspecified atom stereocenters. The molecule has 0 saturated heterocycles. The van der Waals surface area contributed by atoms with Crippen molar-refractivity contribution in [3.8, 4) is 11.1 Å². The van der Waals surface area contributed by atoms with Crippen molar-refractivity contribution in [3.05, 3.63) is 77.7 Å². The average Bonchev–Trinajstić information content (AvgIpc) is 3.38. The molecular formula is C23H18F2N2O6. The third-order valence-corrected chi connectivity index (χ3v) is 5.24. The number of carbonyl (C=O) groups is 3. The summed E-state index contributed by atoms with van der Waals surface area (Å²) < 4.78 is 36.7. The quantitative estimate of drug-likeness (QED) is 0.493. The maximum Gasteiger partial charge on any atom is 0.411 e. The smallest absolute Gasteiger partial charge is 0.411 e. The normalized spacial score (nSPS) is 12.5. The zero-order valence-electron chi connectivity index (χ0n) is 17.0. The maximum absolute atomic E-state index is 13.2. The number of anilines is 1. The summed E-state index contributed by atoms with van der Waals surface area (Å²) in [5, 5.41) is 12.5. The standard InChI is InChI=1S/C23H18F2N2O6/c24-23(25,21(29)30)12-26-20(28)19-18(9-10-32-19)27-22(31)33-11-17-15-7-3-1-5-13(15)14-6-2-4-8-16(14)17/h1-10,17H,11-12H2,(H,26,28)(H,27,31)(H,29,30). The van der Waals surface area contributed by atoms with Gasteiger partial charge in [-0.25, -0.2) is 9.59 Å². The van der Waals surface area contributed by atoms with Crippen LogP contribution in [0, 0.1) is 0 Å². The molecule has 3 N–H and O–H groups in total. The topological polar surface area (TPSA) is 118 Å². The first-order valence-electron chi connectivity index (χ1n) is 9.87. The molecule has 0 spiro atoms. The number of rotatable bonds is 7. The van der Waals surface area contributed by atoms with Gasteiger partial charge in [0.05, 0.1) is 18.5 Å². The number of hydrogen-bond donors (Lipinski definition) is 3. The number of halogens is 2. The zero-order chi connectivity index (χ0) is 23.6. The Morgan fingerprint density at radius 2 is 1.61 bits per heavy atom. The Morgan fingerprint density at radius 3 is 2.21 bits per heavy atom. The Kier molecular flexibility index (Phi) is 5.82. The maximum atomic E-state index is 13.2. The summed E-state index contributed by atoms with van der Waals surface area (Å²) in [6.45, 7) is -1.41. The fourth-order valence-corrected chi connectivity index (χ4v) is 3.68. The van der Waals surface area contributed by atoms with Gasteiger partial charge in [0, 0.05) is 12.0 Å². The van der Waals surface area contributed by atoms with E-state index in [2.05, 4.69) is 5.32 Å². The number of carboxylic acids is 1. The monoisotopic (exact) mass is 456 g/mol. The highest BCUT2D eigenvalue weighted by molar-refractivity contribution is 6.00. The van der Waals surface area contributed by atoms with E-state index in [0.29, 0.717) is 0 Å². The van der Waals surface area contributed by atoms with Crippen LogP contribution in [0.4, 0.5) is 19.3 Å². The van der Waals surface area contributed by atoms with Crippen molar-refractivity contribution in [2.45, 2.75) is 11.8 Å². The molecular weight excluding hydrogens is 438 g/mol. The number of hydrogen-bond acceptors (Lipinski definition) is 5. The first-order valence-corrected chi connectivity index (χ1v) is 9.87. The van der Waals surface area contributed by atoms with Crippen LogP contribution in [0.15, 0.2) is 65.3 Å². The number of benzene rings is 2. The molecule has 1 aliphatic rings. The van der Waals surface area contributed by atoms with Crippen LogP contribution in [-0.2, 0) is 9.53 Å². The molecule has 10 heteroatoms. The molecule has 1 heterocycles. The lowest BCUT2D eigenvalue weighted by atomic mass is 9.98. The number of carboxylic acid groups (broad SMARTS) is 1. The van der Waals surface area contributed by atoms with E-state index in [9.17, 15) is 23.2 Å². The summed E-state index contributed by atoms with van der Waals surface area (Å²) in [5.74, 6) is -8.28. The van der Waals surface area contributed by atoms with Gasteiger partial charge in [-0.2, -0.15) is 8.78 Å². The van der Waals surface area contributed by atoms with Gasteiger partial charge >= 0.3 is 18.0 Å². The van der Waals surface area contributed by atoms with E-state index in [1.807, 2.05) is 48.5 Å². The minimum absolute atomic E-state index is 0.0318. The molecule has 1 aliphatic carbocycles. The van der Waals surface area contributed by atoms with Crippen LogP contribution in [0.3, 0.4) is 0 Å². The van der Waals surface area contributed by atoms with Crippen LogP contribution in [0.2, 0.25) is 0 Å². The molecule has 1 aromatic heterocycles. The van der Waals surface area contributed by atoms with Crippen LogP contribution in [0.1, 0.15) is 27.6 Å². The second kappa shape index (κ2) is 8.73. The van der Waals surface area contributed by atoms with Crippen molar-refractivity contribution in [1.82, 2.24) is 5.32 Å². The van der Waals surface area contributed by atoms with Crippen LogP contribution < -0.4 is 10.6 Å². The minimum Gasteiger partial charge on any atom is -0.477 e. The third-order valence-electron chi connectivity index (χ3n) is 5.24. The van der Waals surface area contributed by atoms with Gasteiger partial charge in [0.2, 0.25) is 5.76 Å². The number of ether oxygens (including phenoxy) is 1. The first kappa shape index (κ1) is 22.0. The van der Waals surface area contributed by atoms with Gasteiger partial charge in [-0.05, 0) is 22.3 Å². The number of furan rings is 1. The lowest BCUT2D eigenvalue weighted by Crippen LogP contribution is -2.42. The SMILES string of the molecule is O=C(Nc1ccoc1C(=O)NCC(F)(F)C(=O)O)OCC1c2ccccc2-c2ccccc21. The number of carbonyl (C=O) groups excluding carboxylic acids is 2. The molecule has 0 fully saturated rings. The number of amides is 2. The average molecular weight is 456 g/mol. The number of alkyl halides is 2. The Labute approximate surface area is 186 Å². The molecule has 33 heavy (non-hydrogen) atoms. The largest absolute Gasteiger partial charge is 0.477 e. The summed E-state index contributed by atoms with van der Waals surface area (Å²) in [7, 11) is 0. The predicted octanol–water partition coefficient (Wildman–Crippen LogP) is 4.09. The highest BCUT2D eigenvalue weighted by atomic mass is 19.3. The zero-order valence-corrected chi connectivity index (χ0v) is 17.0. The Morgan fingerprint density at radius 1 is 1.00 bits per heavy atom. The van der Waals surface area contributed by atoms with Crippen LogP contribution in [0.25, 0.3) is 11.1 Å². The number of fused-ring (bicyclic) bond motifs is 3. The number of nitrogens with one attached hydrogen (secondary N) is 2. The van der Waals surface area contributed by atoms with E-state index >= 15 is 0 Å². The van der Waals surface area contributed by atoms with E-state index in [1.54, 1.807) is 5.32 Å². The molecule has 2 amide bonds. The molecule has 170 valence electrons. The van der Waals surface area contributed by atoms with Crippen molar-refractivity contribution in [2.75, 3.05) is 18.5 Å². The van der Waals surface area contributed by atoms with Crippen molar-refractivity contribution >= 4 is 23.7 Å². The number of aliphatic carboxylic acids is 1. The molecule has 0 radical (unpaired) electrons. The van der Waals surface area contributed by atoms with E-state index < -0.39 is 36.2 Å². The molecule has 3 aromatic rings. The van der Waals surface area contributed by atoms with E-state index in [4.69, 9.17) is 14.3 Å². The van der Waals surface area contributed by atoms with Crippen molar-refractivity contribution in [2.24, 2.45) is 0 Å². The van der Waals surface area contributed by atoms with Crippen LogP contribution >= 0.6 is 0 Å². The second-order valence-corrected chi connectivity index (χ2v) is 7.31. The molecule has 0 bridgehead atoms. The molecule has 4 rings (SSSR count). The molecule has 0 atom stereocenters. The fraction of sp³-hybridized carbons (Fsp3) is 0.174. The van der Waals surface area contributed by atoms with E-state index in [1.165, 1.54) is 6.07 Å². The molecule has 8 nitrogen and oxygen atoms in total. The lowest BCUT2D eigenvalue weighted by Gasteiger charge is -2.15. The minimum atomic E-state index is -4.15. The molecule has 0 saturated carbocycles. The van der Waals surface area contributed by atoms with Gasteiger partial charge in [-0.15, -0.1) is 0 Å². The Balaban J connectivity index is 1.40. The van der Waals surface area contributed by atoms with Gasteiger partial charge in [0.1, 0.15) is 6.61 Å². The Hall–Kier alpha value is -4.21. The Bertz CT molecular complexity index is 1180. The van der Waals surface area contributed by atoms with Crippen molar-refractivity contribution in [3.63, 3.8) is 0 Å². The van der Waals surface area contributed by atoms with Gasteiger partial charge in [-0.1, -0.05) is 48.5 Å². The second-order valence-electron chi connectivity index (χ2n) is 7.31. The summed E-state index contributed by atoms with van der Waals surface area (Å²) in [6.07, 6.45) is 0.201. The van der Waals surface area contributed by atoms with Gasteiger partial charge in [-0.3, -0.25) is 10.1 Å². The van der Waals surface area contributed by atoms with E-state index in [-0.39, 0.29) is 18.2 Å². The predicted molar refractivity (Wildman–Crippen MR) is 112 cm³/mol. The van der Waals surface area contributed by atoms with Gasteiger partial charge < -0.3 is 19.6 Å². The first-order chi connectivity index (χ1) is 15.8. The third kappa shape index (κ3) is 4.40. The highest BCUT2D eigenvalue weighted by Gasteiger charge is 2.39. The van der Waals surface area contributed by atoms with Crippen molar-refractivity contribution in [1.29, 1.82) is 0 Å². The summed E-state index contributed by atoms with van der Waals surface area (Å²) >= 11 is 0. The highest BCUT2D eigenvalue weighted by Crippen LogP contribution is 2.44. The van der Waals surface area contributed by atoms with E-state index in [0.717, 1.165) is 28.5 Å². The summed E-state index contributed by atoms with van der Waals surface area (Å²) in [6, 6.07) is 16.8. The van der Waals surface area contributed by atoms with Crippen LogP contribution in [-0.4, -0.2) is 42.2 Å². The lowest BCUT2D eigenvalue weighted by molar-refractivity contribution is -0.163.